The molecule has 0 fully saturated rings. The van der Waals surface area contributed by atoms with Crippen LogP contribution in [0.25, 0.3) is 0 Å². The molecule has 22 heavy (non-hydrogen) atoms. The summed E-state index contributed by atoms with van der Waals surface area (Å²) < 4.78 is 5.21. The molecule has 2 aromatic carbocycles. The third-order valence-corrected chi connectivity index (χ3v) is 3.71. The molecule has 0 bridgehead atoms. The molecule has 6 nitrogen and oxygen atoms in total. The highest BCUT2D eigenvalue weighted by atomic mass is 32.2. The predicted molar refractivity (Wildman–Crippen MR) is 88.7 cm³/mol. The number of ether oxygens (including phenoxy) is 1. The molecule has 7 heteroatoms. The van der Waals surface area contributed by atoms with Crippen molar-refractivity contribution in [3.8, 4) is 5.75 Å². The summed E-state index contributed by atoms with van der Waals surface area (Å²) >= 11 is 1.36. The predicted octanol–water partition coefficient (Wildman–Crippen LogP) is 3.48. The number of thioether (sulfide) groups is 1. The molecule has 0 radical (unpaired) electrons. The number of nitro groups is 1. The zero-order valence-electron chi connectivity index (χ0n) is 11.9. The van der Waals surface area contributed by atoms with E-state index in [9.17, 15) is 10.1 Å². The molecule has 0 aliphatic rings. The molecule has 0 unspecified atom stereocenters. The molecule has 0 amide bonds. The van der Waals surface area contributed by atoms with Gasteiger partial charge in [0, 0.05) is 17.9 Å². The lowest BCUT2D eigenvalue weighted by atomic mass is 10.2. The lowest BCUT2D eigenvalue weighted by molar-refractivity contribution is -0.384. The third-order valence-electron chi connectivity index (χ3n) is 2.85. The van der Waals surface area contributed by atoms with Crippen LogP contribution in [0.5, 0.6) is 5.75 Å². The Hall–Kier alpha value is -2.54. The van der Waals surface area contributed by atoms with E-state index in [1.54, 1.807) is 19.2 Å². The lowest BCUT2D eigenvalue weighted by Crippen LogP contribution is -2.06. The van der Waals surface area contributed by atoms with Gasteiger partial charge in [-0.3, -0.25) is 10.1 Å². The van der Waals surface area contributed by atoms with E-state index in [1.807, 2.05) is 24.3 Å². The minimum Gasteiger partial charge on any atom is -0.494 e. The number of hydrogen-bond donors (Lipinski definition) is 1. The molecule has 114 valence electrons. The Labute approximate surface area is 132 Å². The normalized spacial score (nSPS) is 11.2. The minimum absolute atomic E-state index is 0.0735. The Kier molecular flexibility index (Phi) is 5.37. The second-order valence-electron chi connectivity index (χ2n) is 4.33. The van der Waals surface area contributed by atoms with E-state index in [2.05, 4.69) is 4.99 Å². The maximum atomic E-state index is 10.6. The summed E-state index contributed by atoms with van der Waals surface area (Å²) in [5.74, 6) is 1.24. The number of rotatable bonds is 5. The molecule has 2 N–H and O–H groups in total. The average molecular weight is 317 g/mol. The maximum absolute atomic E-state index is 10.6. The summed E-state index contributed by atoms with van der Waals surface area (Å²) in [6, 6.07) is 13.7. The van der Waals surface area contributed by atoms with Gasteiger partial charge in [0.1, 0.15) is 11.4 Å². The van der Waals surface area contributed by atoms with E-state index < -0.39 is 4.92 Å². The fourth-order valence-electron chi connectivity index (χ4n) is 1.74. The second kappa shape index (κ2) is 7.46. The van der Waals surface area contributed by atoms with Gasteiger partial charge in [-0.1, -0.05) is 36.0 Å². The van der Waals surface area contributed by atoms with E-state index in [0.29, 0.717) is 22.4 Å². The first-order valence-electron chi connectivity index (χ1n) is 6.43. The Balaban J connectivity index is 2.01. The van der Waals surface area contributed by atoms with Crippen molar-refractivity contribution in [1.29, 1.82) is 0 Å². The van der Waals surface area contributed by atoms with Gasteiger partial charge in [-0.05, 0) is 17.7 Å². The van der Waals surface area contributed by atoms with Crippen LogP contribution in [0.2, 0.25) is 0 Å². The molecule has 0 spiro atoms. The van der Waals surface area contributed by atoms with Crippen LogP contribution in [-0.2, 0) is 5.75 Å². The van der Waals surface area contributed by atoms with Crippen molar-refractivity contribution < 1.29 is 9.66 Å². The van der Waals surface area contributed by atoms with Crippen molar-refractivity contribution >= 4 is 28.3 Å². The summed E-state index contributed by atoms with van der Waals surface area (Å²) in [5, 5.41) is 11.0. The summed E-state index contributed by atoms with van der Waals surface area (Å²) in [5.41, 5.74) is 7.58. The Bertz CT molecular complexity index is 687. The van der Waals surface area contributed by atoms with Gasteiger partial charge in [0.05, 0.1) is 12.0 Å². The van der Waals surface area contributed by atoms with Crippen LogP contribution in [0, 0.1) is 10.1 Å². The first-order chi connectivity index (χ1) is 10.6. The van der Waals surface area contributed by atoms with Crippen LogP contribution in [0.3, 0.4) is 0 Å². The van der Waals surface area contributed by atoms with Gasteiger partial charge < -0.3 is 10.5 Å². The maximum Gasteiger partial charge on any atom is 0.269 e. The summed E-state index contributed by atoms with van der Waals surface area (Å²) in [7, 11) is 1.58. The highest BCUT2D eigenvalue weighted by molar-refractivity contribution is 8.13. The molecule has 0 heterocycles. The number of hydrogen-bond acceptors (Lipinski definition) is 5. The van der Waals surface area contributed by atoms with Crippen LogP contribution in [0.15, 0.2) is 53.5 Å². The average Bonchev–Trinajstić information content (AvgIpc) is 2.54. The van der Waals surface area contributed by atoms with Crippen molar-refractivity contribution in [2.75, 3.05) is 7.11 Å². The zero-order valence-corrected chi connectivity index (χ0v) is 12.7. The van der Waals surface area contributed by atoms with Crippen LogP contribution >= 0.6 is 11.8 Å². The number of non-ortho nitro benzene ring substituents is 1. The number of aliphatic imine (C=N–C) groups is 1. The standard InChI is InChI=1S/C15H15N3O3S/c1-21-14-5-3-2-4-13(14)17-15(16)22-10-11-6-8-12(9-7-11)18(19)20/h2-9H,10H2,1H3,(H2,16,17). The number of methoxy groups -OCH3 is 1. The number of amidine groups is 1. The fourth-order valence-corrected chi connectivity index (χ4v) is 2.41. The van der Waals surface area contributed by atoms with Gasteiger partial charge in [0.15, 0.2) is 5.17 Å². The van der Waals surface area contributed by atoms with Gasteiger partial charge >= 0.3 is 0 Å². The molecule has 0 aliphatic heterocycles. The first kappa shape index (κ1) is 15.8. The van der Waals surface area contributed by atoms with Crippen LogP contribution in [0.4, 0.5) is 11.4 Å². The number of nitrogens with two attached hydrogens (primary N) is 1. The highest BCUT2D eigenvalue weighted by Crippen LogP contribution is 2.27. The minimum atomic E-state index is -0.422. The van der Waals surface area contributed by atoms with Gasteiger partial charge in [0.2, 0.25) is 0 Å². The quantitative estimate of drug-likeness (QED) is 0.394. The topological polar surface area (TPSA) is 90.8 Å². The van der Waals surface area contributed by atoms with Crippen molar-refractivity contribution in [3.05, 3.63) is 64.2 Å². The fraction of sp³-hybridized carbons (Fsp3) is 0.133. The van der Waals surface area contributed by atoms with E-state index >= 15 is 0 Å². The molecule has 0 saturated carbocycles. The van der Waals surface area contributed by atoms with E-state index in [1.165, 1.54) is 23.9 Å². The molecule has 2 aromatic rings. The summed E-state index contributed by atoms with van der Waals surface area (Å²) in [6.45, 7) is 0. The molecular formula is C15H15N3O3S. The Morgan fingerprint density at radius 1 is 1.27 bits per heavy atom. The molecule has 0 aliphatic carbocycles. The molecule has 0 saturated heterocycles. The van der Waals surface area contributed by atoms with Crippen molar-refractivity contribution in [2.24, 2.45) is 10.7 Å². The largest absolute Gasteiger partial charge is 0.494 e. The number of nitro benzene ring substituents is 1. The van der Waals surface area contributed by atoms with E-state index in [-0.39, 0.29) is 5.69 Å². The summed E-state index contributed by atoms with van der Waals surface area (Å²) in [6.07, 6.45) is 0. The number of para-hydroxylation sites is 2. The van der Waals surface area contributed by atoms with Crippen molar-refractivity contribution in [2.45, 2.75) is 5.75 Å². The summed E-state index contributed by atoms with van der Waals surface area (Å²) in [4.78, 5) is 14.5. The monoisotopic (exact) mass is 317 g/mol. The zero-order chi connectivity index (χ0) is 15.9. The molecular weight excluding hydrogens is 302 g/mol. The number of benzene rings is 2. The van der Waals surface area contributed by atoms with Crippen LogP contribution < -0.4 is 10.5 Å². The smallest absolute Gasteiger partial charge is 0.269 e. The number of nitrogens with zero attached hydrogens (tertiary/aromatic N) is 2. The van der Waals surface area contributed by atoms with Crippen LogP contribution in [0.1, 0.15) is 5.56 Å². The highest BCUT2D eigenvalue weighted by Gasteiger charge is 2.05. The van der Waals surface area contributed by atoms with Gasteiger partial charge in [0.25, 0.3) is 5.69 Å². The SMILES string of the molecule is COc1ccccc1N=C(N)SCc1ccc([N+](=O)[O-])cc1. The first-order valence-corrected chi connectivity index (χ1v) is 7.42. The third kappa shape index (κ3) is 4.23. The van der Waals surface area contributed by atoms with E-state index in [0.717, 1.165) is 5.56 Å². The second-order valence-corrected chi connectivity index (χ2v) is 5.33. The van der Waals surface area contributed by atoms with Gasteiger partial charge in [-0.25, -0.2) is 4.99 Å². The van der Waals surface area contributed by atoms with Gasteiger partial charge in [-0.15, -0.1) is 0 Å². The Morgan fingerprint density at radius 2 is 1.95 bits per heavy atom. The van der Waals surface area contributed by atoms with Crippen LogP contribution in [-0.4, -0.2) is 17.2 Å². The molecule has 0 aromatic heterocycles. The lowest BCUT2D eigenvalue weighted by Gasteiger charge is -2.05. The Morgan fingerprint density at radius 3 is 2.59 bits per heavy atom. The molecule has 0 atom stereocenters. The van der Waals surface area contributed by atoms with Gasteiger partial charge in [-0.2, -0.15) is 0 Å². The van der Waals surface area contributed by atoms with E-state index in [4.69, 9.17) is 10.5 Å². The van der Waals surface area contributed by atoms with Crippen molar-refractivity contribution in [3.63, 3.8) is 0 Å². The van der Waals surface area contributed by atoms with Crippen molar-refractivity contribution in [1.82, 2.24) is 0 Å². The molecule has 2 rings (SSSR count).